The second-order valence-corrected chi connectivity index (χ2v) is 8.32. The van der Waals surface area contributed by atoms with Crippen LogP contribution in [0.15, 0.2) is 60.0 Å². The standard InChI is InChI=1S/C20H22N2O4S/c1-4-11-21-20(23)19-13-22(17-10-7-15(3)12-18(17)26-19)27(24,25)16-8-5-14(2)6-9-16/h4-10,12,19H,1,11,13H2,2-3H3,(H,21,23)/t19-/m1/s1. The van der Waals surface area contributed by atoms with E-state index in [1.807, 2.05) is 19.9 Å². The zero-order chi connectivity index (χ0) is 19.6. The average Bonchev–Trinajstić information content (AvgIpc) is 2.65. The highest BCUT2D eigenvalue weighted by atomic mass is 32.2. The molecule has 1 heterocycles. The lowest BCUT2D eigenvalue weighted by Crippen LogP contribution is -2.50. The van der Waals surface area contributed by atoms with E-state index in [1.165, 1.54) is 4.31 Å². The molecule has 27 heavy (non-hydrogen) atoms. The number of anilines is 1. The minimum atomic E-state index is -3.84. The molecule has 7 heteroatoms. The average molecular weight is 386 g/mol. The second kappa shape index (κ2) is 7.44. The number of rotatable bonds is 5. The molecule has 1 amide bonds. The van der Waals surface area contributed by atoms with Crippen molar-refractivity contribution in [2.45, 2.75) is 24.8 Å². The number of nitrogens with zero attached hydrogens (tertiary/aromatic N) is 1. The van der Waals surface area contributed by atoms with Crippen LogP contribution in [0.1, 0.15) is 11.1 Å². The van der Waals surface area contributed by atoms with Crippen molar-refractivity contribution in [1.82, 2.24) is 5.32 Å². The van der Waals surface area contributed by atoms with Gasteiger partial charge in [-0.2, -0.15) is 0 Å². The molecule has 3 rings (SSSR count). The summed E-state index contributed by atoms with van der Waals surface area (Å²) in [6.07, 6.45) is 0.610. The Hall–Kier alpha value is -2.80. The number of carbonyl (C=O) groups excluding carboxylic acids is 1. The van der Waals surface area contributed by atoms with Crippen LogP contribution in [0.4, 0.5) is 5.69 Å². The number of carbonyl (C=O) groups is 1. The highest BCUT2D eigenvalue weighted by Crippen LogP contribution is 2.37. The molecule has 1 aliphatic rings. The van der Waals surface area contributed by atoms with Gasteiger partial charge in [-0.1, -0.05) is 29.8 Å². The van der Waals surface area contributed by atoms with E-state index < -0.39 is 16.1 Å². The first-order chi connectivity index (χ1) is 12.8. The number of benzene rings is 2. The summed E-state index contributed by atoms with van der Waals surface area (Å²) in [6, 6.07) is 11.9. The van der Waals surface area contributed by atoms with E-state index in [1.54, 1.807) is 42.5 Å². The first-order valence-electron chi connectivity index (χ1n) is 8.58. The van der Waals surface area contributed by atoms with Crippen molar-refractivity contribution in [3.63, 3.8) is 0 Å². The topological polar surface area (TPSA) is 75.7 Å². The molecule has 0 fully saturated rings. The molecule has 0 bridgehead atoms. The van der Waals surface area contributed by atoms with Crippen molar-refractivity contribution in [1.29, 1.82) is 0 Å². The summed E-state index contributed by atoms with van der Waals surface area (Å²) in [6.45, 7) is 7.52. The highest BCUT2D eigenvalue weighted by Gasteiger charge is 2.37. The zero-order valence-corrected chi connectivity index (χ0v) is 16.1. The summed E-state index contributed by atoms with van der Waals surface area (Å²) < 4.78 is 33.5. The van der Waals surface area contributed by atoms with Crippen molar-refractivity contribution in [2.24, 2.45) is 0 Å². The number of ether oxygens (including phenoxy) is 1. The predicted octanol–water partition coefficient (Wildman–Crippen LogP) is 2.56. The van der Waals surface area contributed by atoms with Crippen LogP contribution in [-0.2, 0) is 14.8 Å². The summed E-state index contributed by atoms with van der Waals surface area (Å²) in [5.74, 6) is -0.0122. The highest BCUT2D eigenvalue weighted by molar-refractivity contribution is 7.92. The normalized spacial score (nSPS) is 16.2. The van der Waals surface area contributed by atoms with Crippen LogP contribution in [0.25, 0.3) is 0 Å². The molecule has 6 nitrogen and oxygen atoms in total. The van der Waals surface area contributed by atoms with E-state index in [0.717, 1.165) is 11.1 Å². The van der Waals surface area contributed by atoms with Gasteiger partial charge in [0.2, 0.25) is 0 Å². The maximum absolute atomic E-state index is 13.3. The van der Waals surface area contributed by atoms with Crippen molar-refractivity contribution in [2.75, 3.05) is 17.4 Å². The zero-order valence-electron chi connectivity index (χ0n) is 15.3. The van der Waals surface area contributed by atoms with Gasteiger partial charge in [0.1, 0.15) is 5.75 Å². The molecule has 0 radical (unpaired) electrons. The minimum Gasteiger partial charge on any atom is -0.476 e. The summed E-state index contributed by atoms with van der Waals surface area (Å²) in [7, 11) is -3.84. The van der Waals surface area contributed by atoms with Gasteiger partial charge in [0, 0.05) is 6.54 Å². The van der Waals surface area contributed by atoms with Gasteiger partial charge in [-0.15, -0.1) is 6.58 Å². The molecule has 0 aliphatic carbocycles. The van der Waals surface area contributed by atoms with Gasteiger partial charge in [-0.05, 0) is 43.7 Å². The fraction of sp³-hybridized carbons (Fsp3) is 0.250. The Kier molecular flexibility index (Phi) is 5.23. The number of hydrogen-bond donors (Lipinski definition) is 1. The first kappa shape index (κ1) is 19.0. The van der Waals surface area contributed by atoms with Crippen molar-refractivity contribution in [3.05, 3.63) is 66.2 Å². The Morgan fingerprint density at radius 3 is 2.56 bits per heavy atom. The number of nitrogens with one attached hydrogen (secondary N) is 1. The van der Waals surface area contributed by atoms with Gasteiger partial charge >= 0.3 is 0 Å². The number of fused-ring (bicyclic) bond motifs is 1. The SMILES string of the molecule is C=CCNC(=O)[C@H]1CN(S(=O)(=O)c2ccc(C)cc2)c2ccc(C)cc2O1. The van der Waals surface area contributed by atoms with Crippen LogP contribution < -0.4 is 14.4 Å². The van der Waals surface area contributed by atoms with Crippen molar-refractivity contribution >= 4 is 21.6 Å². The van der Waals surface area contributed by atoms with Gasteiger partial charge in [0.05, 0.1) is 17.1 Å². The van der Waals surface area contributed by atoms with E-state index in [-0.39, 0.29) is 23.9 Å². The van der Waals surface area contributed by atoms with E-state index in [4.69, 9.17) is 4.74 Å². The van der Waals surface area contributed by atoms with Crippen molar-refractivity contribution in [3.8, 4) is 5.75 Å². The fourth-order valence-electron chi connectivity index (χ4n) is 2.85. The van der Waals surface area contributed by atoms with Gasteiger partial charge in [0.25, 0.3) is 15.9 Å². The van der Waals surface area contributed by atoms with Gasteiger partial charge in [0.15, 0.2) is 6.10 Å². The fourth-order valence-corrected chi connectivity index (χ4v) is 4.33. The molecule has 1 N–H and O–H groups in total. The molecule has 0 saturated carbocycles. The molecule has 2 aromatic carbocycles. The lowest BCUT2D eigenvalue weighted by atomic mass is 10.1. The maximum Gasteiger partial charge on any atom is 0.264 e. The number of hydrogen-bond acceptors (Lipinski definition) is 4. The van der Waals surface area contributed by atoms with E-state index in [0.29, 0.717) is 11.4 Å². The van der Waals surface area contributed by atoms with Gasteiger partial charge in [-0.25, -0.2) is 8.42 Å². The van der Waals surface area contributed by atoms with E-state index >= 15 is 0 Å². The van der Waals surface area contributed by atoms with Crippen LogP contribution >= 0.6 is 0 Å². The minimum absolute atomic E-state index is 0.102. The van der Waals surface area contributed by atoms with E-state index in [9.17, 15) is 13.2 Å². The number of aryl methyl sites for hydroxylation is 2. The van der Waals surface area contributed by atoms with Crippen LogP contribution in [0.3, 0.4) is 0 Å². The lowest BCUT2D eigenvalue weighted by Gasteiger charge is -2.35. The third-order valence-electron chi connectivity index (χ3n) is 4.31. The quantitative estimate of drug-likeness (QED) is 0.802. The number of amides is 1. The van der Waals surface area contributed by atoms with Crippen LogP contribution in [0.2, 0.25) is 0 Å². The van der Waals surface area contributed by atoms with Crippen LogP contribution in [0.5, 0.6) is 5.75 Å². The van der Waals surface area contributed by atoms with E-state index in [2.05, 4.69) is 11.9 Å². The molecule has 0 saturated heterocycles. The Morgan fingerprint density at radius 2 is 1.89 bits per heavy atom. The summed E-state index contributed by atoms with van der Waals surface area (Å²) in [5, 5.41) is 2.66. The molecule has 0 spiro atoms. The monoisotopic (exact) mass is 386 g/mol. The summed E-state index contributed by atoms with van der Waals surface area (Å²) in [4.78, 5) is 12.6. The third kappa shape index (κ3) is 3.83. The molecule has 142 valence electrons. The lowest BCUT2D eigenvalue weighted by molar-refractivity contribution is -0.127. The first-order valence-corrected chi connectivity index (χ1v) is 10.0. The molecule has 1 aliphatic heterocycles. The van der Waals surface area contributed by atoms with Crippen LogP contribution in [-0.4, -0.2) is 33.5 Å². The Morgan fingerprint density at radius 1 is 1.22 bits per heavy atom. The molecular weight excluding hydrogens is 364 g/mol. The smallest absolute Gasteiger partial charge is 0.264 e. The second-order valence-electron chi connectivity index (χ2n) is 6.46. The maximum atomic E-state index is 13.3. The number of sulfonamides is 1. The molecule has 0 unspecified atom stereocenters. The summed E-state index contributed by atoms with van der Waals surface area (Å²) in [5.41, 5.74) is 2.30. The molecule has 2 aromatic rings. The van der Waals surface area contributed by atoms with Crippen molar-refractivity contribution < 1.29 is 17.9 Å². The largest absolute Gasteiger partial charge is 0.476 e. The predicted molar refractivity (Wildman–Crippen MR) is 105 cm³/mol. The Bertz CT molecular complexity index is 968. The Labute approximate surface area is 159 Å². The summed E-state index contributed by atoms with van der Waals surface area (Å²) >= 11 is 0. The van der Waals surface area contributed by atoms with Gasteiger partial charge < -0.3 is 10.1 Å². The van der Waals surface area contributed by atoms with Gasteiger partial charge in [-0.3, -0.25) is 9.10 Å². The molecule has 1 atom stereocenters. The van der Waals surface area contributed by atoms with Crippen LogP contribution in [0, 0.1) is 13.8 Å². The molecule has 0 aromatic heterocycles. The third-order valence-corrected chi connectivity index (χ3v) is 6.10. The molecular formula is C20H22N2O4S. The Balaban J connectivity index is 2.03.